The molecular formula is C25H21N3O. The van der Waals surface area contributed by atoms with Gasteiger partial charge < -0.3 is 4.74 Å². The van der Waals surface area contributed by atoms with E-state index in [0.29, 0.717) is 6.61 Å². The highest BCUT2D eigenvalue weighted by Crippen LogP contribution is 2.19. The summed E-state index contributed by atoms with van der Waals surface area (Å²) in [5, 5.41) is 4.31. The minimum absolute atomic E-state index is 0.209. The van der Waals surface area contributed by atoms with E-state index in [1.165, 1.54) is 5.56 Å². The molecule has 0 saturated carbocycles. The number of hydrogen-bond donors (Lipinski definition) is 0. The lowest BCUT2D eigenvalue weighted by atomic mass is 10.1. The molecule has 4 rings (SSSR count). The predicted molar refractivity (Wildman–Crippen MR) is 113 cm³/mol. The highest BCUT2D eigenvalue weighted by molar-refractivity contribution is 5.43. The number of rotatable bonds is 5. The Hall–Kier alpha value is -3.84. The van der Waals surface area contributed by atoms with Crippen LogP contribution >= 0.6 is 0 Å². The van der Waals surface area contributed by atoms with Gasteiger partial charge in [-0.3, -0.25) is 9.67 Å². The minimum atomic E-state index is 0.209. The van der Waals surface area contributed by atoms with Gasteiger partial charge in [-0.1, -0.05) is 36.1 Å². The molecule has 2 aromatic carbocycles. The fourth-order valence-electron chi connectivity index (χ4n) is 2.94. The van der Waals surface area contributed by atoms with E-state index in [1.807, 2.05) is 53.3 Å². The van der Waals surface area contributed by atoms with E-state index in [2.05, 4.69) is 53.1 Å². The highest BCUT2D eigenvalue weighted by atomic mass is 16.5. The zero-order chi connectivity index (χ0) is 19.9. The standard InChI is InChI=1S/C25H21N3O/c1-20(28-17-3-16-27-28)24-11-7-23(8-12-24)19-29-25-13-9-21(10-14-25)5-6-22-4-2-15-26-18-22/h2-4,7-18,20H,19H2,1H3. The number of ether oxygens (including phenoxy) is 1. The molecular weight excluding hydrogens is 358 g/mol. The van der Waals surface area contributed by atoms with Gasteiger partial charge in [-0.05, 0) is 60.5 Å². The van der Waals surface area contributed by atoms with Crippen molar-refractivity contribution in [2.45, 2.75) is 19.6 Å². The SMILES string of the molecule is CC(c1ccc(COc2ccc(C#Cc3cccnc3)cc2)cc1)n1cccn1. The third kappa shape index (κ3) is 4.91. The first-order valence-electron chi connectivity index (χ1n) is 9.51. The second-order valence-corrected chi connectivity index (χ2v) is 6.71. The van der Waals surface area contributed by atoms with Crippen molar-refractivity contribution < 1.29 is 4.74 Å². The van der Waals surface area contributed by atoms with Gasteiger partial charge in [-0.15, -0.1) is 0 Å². The summed E-state index contributed by atoms with van der Waals surface area (Å²) in [4.78, 5) is 4.07. The normalized spacial score (nSPS) is 11.3. The molecule has 0 fully saturated rings. The number of benzene rings is 2. The van der Waals surface area contributed by atoms with Crippen LogP contribution in [0.25, 0.3) is 0 Å². The van der Waals surface area contributed by atoms with Crippen molar-refractivity contribution in [1.82, 2.24) is 14.8 Å². The van der Waals surface area contributed by atoms with Gasteiger partial charge in [0.25, 0.3) is 0 Å². The van der Waals surface area contributed by atoms with Crippen molar-refractivity contribution in [3.8, 4) is 17.6 Å². The molecule has 0 spiro atoms. The second kappa shape index (κ2) is 8.90. The molecule has 4 heteroatoms. The van der Waals surface area contributed by atoms with Crippen molar-refractivity contribution in [2.75, 3.05) is 0 Å². The molecule has 0 N–H and O–H groups in total. The van der Waals surface area contributed by atoms with Crippen LogP contribution < -0.4 is 4.74 Å². The quantitative estimate of drug-likeness (QED) is 0.465. The van der Waals surface area contributed by atoms with Gasteiger partial charge in [-0.25, -0.2) is 0 Å². The van der Waals surface area contributed by atoms with Gasteiger partial charge in [0.15, 0.2) is 0 Å². The molecule has 4 aromatic rings. The number of nitrogens with zero attached hydrogens (tertiary/aromatic N) is 3. The van der Waals surface area contributed by atoms with Gasteiger partial charge in [0.05, 0.1) is 6.04 Å². The van der Waals surface area contributed by atoms with Gasteiger partial charge in [0.2, 0.25) is 0 Å². The number of aromatic nitrogens is 3. The van der Waals surface area contributed by atoms with Gasteiger partial charge >= 0.3 is 0 Å². The maximum atomic E-state index is 5.91. The van der Waals surface area contributed by atoms with Crippen LogP contribution in [0.15, 0.2) is 91.5 Å². The van der Waals surface area contributed by atoms with Gasteiger partial charge in [-0.2, -0.15) is 5.10 Å². The molecule has 0 aliphatic rings. The van der Waals surface area contributed by atoms with Crippen molar-refractivity contribution in [3.05, 3.63) is 114 Å². The Balaban J connectivity index is 1.34. The summed E-state index contributed by atoms with van der Waals surface area (Å²) in [6, 6.07) is 22.2. The smallest absolute Gasteiger partial charge is 0.119 e. The Kier molecular flexibility index (Phi) is 5.68. The molecule has 2 aromatic heterocycles. The number of hydrogen-bond acceptors (Lipinski definition) is 3. The minimum Gasteiger partial charge on any atom is -0.489 e. The molecule has 1 atom stereocenters. The molecule has 1 unspecified atom stereocenters. The van der Waals surface area contributed by atoms with Crippen LogP contribution in [0.3, 0.4) is 0 Å². The Morgan fingerprint density at radius 2 is 1.69 bits per heavy atom. The van der Waals surface area contributed by atoms with E-state index in [4.69, 9.17) is 4.74 Å². The van der Waals surface area contributed by atoms with E-state index in [-0.39, 0.29) is 6.04 Å². The molecule has 0 radical (unpaired) electrons. The first-order chi connectivity index (χ1) is 14.3. The van der Waals surface area contributed by atoms with Crippen LogP contribution in [0.4, 0.5) is 0 Å². The Morgan fingerprint density at radius 1 is 0.897 bits per heavy atom. The third-order valence-corrected chi connectivity index (χ3v) is 4.66. The van der Waals surface area contributed by atoms with Crippen LogP contribution in [0.2, 0.25) is 0 Å². The summed E-state index contributed by atoms with van der Waals surface area (Å²) in [5.74, 6) is 7.07. The summed E-state index contributed by atoms with van der Waals surface area (Å²) in [5.41, 5.74) is 4.19. The largest absolute Gasteiger partial charge is 0.489 e. The highest BCUT2D eigenvalue weighted by Gasteiger charge is 2.07. The molecule has 0 aliphatic heterocycles. The van der Waals surface area contributed by atoms with Crippen LogP contribution in [0.5, 0.6) is 5.75 Å². The van der Waals surface area contributed by atoms with E-state index in [0.717, 1.165) is 22.4 Å². The summed E-state index contributed by atoms with van der Waals surface area (Å²) in [6.07, 6.45) is 7.28. The van der Waals surface area contributed by atoms with Crippen LogP contribution in [0, 0.1) is 11.8 Å². The Bertz CT molecular complexity index is 1090. The van der Waals surface area contributed by atoms with E-state index < -0.39 is 0 Å². The lowest BCUT2D eigenvalue weighted by Crippen LogP contribution is -2.07. The fourth-order valence-corrected chi connectivity index (χ4v) is 2.94. The molecule has 0 aliphatic carbocycles. The summed E-state index contributed by atoms with van der Waals surface area (Å²) >= 11 is 0. The van der Waals surface area contributed by atoms with Gasteiger partial charge in [0, 0.05) is 35.9 Å². The maximum Gasteiger partial charge on any atom is 0.119 e. The number of pyridine rings is 1. The van der Waals surface area contributed by atoms with E-state index >= 15 is 0 Å². The topological polar surface area (TPSA) is 39.9 Å². The zero-order valence-corrected chi connectivity index (χ0v) is 16.2. The van der Waals surface area contributed by atoms with Crippen LogP contribution in [0.1, 0.15) is 35.2 Å². The molecule has 29 heavy (non-hydrogen) atoms. The summed E-state index contributed by atoms with van der Waals surface area (Å²) in [7, 11) is 0. The first-order valence-corrected chi connectivity index (χ1v) is 9.51. The average molecular weight is 379 g/mol. The lowest BCUT2D eigenvalue weighted by molar-refractivity contribution is 0.306. The molecule has 0 amide bonds. The van der Waals surface area contributed by atoms with E-state index in [1.54, 1.807) is 18.6 Å². The predicted octanol–water partition coefficient (Wildman–Crippen LogP) is 4.87. The maximum absolute atomic E-state index is 5.91. The molecule has 0 saturated heterocycles. The third-order valence-electron chi connectivity index (χ3n) is 4.66. The van der Waals surface area contributed by atoms with Crippen molar-refractivity contribution >= 4 is 0 Å². The van der Waals surface area contributed by atoms with Crippen molar-refractivity contribution in [3.63, 3.8) is 0 Å². The van der Waals surface area contributed by atoms with Crippen LogP contribution in [-0.2, 0) is 6.61 Å². The first kappa shape index (κ1) is 18.5. The van der Waals surface area contributed by atoms with Gasteiger partial charge in [0.1, 0.15) is 12.4 Å². The van der Waals surface area contributed by atoms with Crippen molar-refractivity contribution in [1.29, 1.82) is 0 Å². The molecule has 142 valence electrons. The second-order valence-electron chi connectivity index (χ2n) is 6.71. The molecule has 4 nitrogen and oxygen atoms in total. The van der Waals surface area contributed by atoms with Crippen LogP contribution in [-0.4, -0.2) is 14.8 Å². The Labute approximate surface area is 170 Å². The zero-order valence-electron chi connectivity index (χ0n) is 16.2. The fraction of sp³-hybridized carbons (Fsp3) is 0.120. The molecule has 0 bridgehead atoms. The van der Waals surface area contributed by atoms with Crippen molar-refractivity contribution in [2.24, 2.45) is 0 Å². The Morgan fingerprint density at radius 3 is 2.38 bits per heavy atom. The molecule has 2 heterocycles. The summed E-state index contributed by atoms with van der Waals surface area (Å²) in [6.45, 7) is 2.66. The van der Waals surface area contributed by atoms with E-state index in [9.17, 15) is 0 Å². The monoisotopic (exact) mass is 379 g/mol. The summed E-state index contributed by atoms with van der Waals surface area (Å²) < 4.78 is 7.86. The lowest BCUT2D eigenvalue weighted by Gasteiger charge is -2.13. The average Bonchev–Trinajstić information content (AvgIpc) is 3.33.